The van der Waals surface area contributed by atoms with E-state index in [0.717, 1.165) is 17.0 Å². The molecule has 16 nitrogen and oxygen atoms in total. The van der Waals surface area contributed by atoms with E-state index in [-0.39, 0.29) is 107 Å². The van der Waals surface area contributed by atoms with Crippen LogP contribution >= 0.6 is 34.8 Å². The largest absolute Gasteiger partial charge is 1.00 e. The van der Waals surface area contributed by atoms with E-state index < -0.39 is 33.5 Å². The molecular weight excluding hydrogens is 804 g/mol. The van der Waals surface area contributed by atoms with Crippen molar-refractivity contribution >= 4 is 86.7 Å². The molecule has 3 aromatic carbocycles. The Morgan fingerprint density at radius 1 is 0.667 bits per heavy atom. The van der Waals surface area contributed by atoms with Gasteiger partial charge in [-0.05, 0) is 58.0 Å². The zero-order valence-corrected chi connectivity index (χ0v) is 35.1. The van der Waals surface area contributed by atoms with E-state index in [2.05, 4.69) is 19.2 Å². The number of Topliss-reactive ketones (excluding diaryl/α,β-unsaturated/α-hetero) is 1. The first-order valence-electron chi connectivity index (χ1n) is 15.4. The van der Waals surface area contributed by atoms with Crippen LogP contribution in [0.2, 0.25) is 15.1 Å². The topological polar surface area (TPSA) is 224 Å². The molecule has 0 atom stereocenters. The van der Waals surface area contributed by atoms with E-state index in [0.29, 0.717) is 22.3 Å². The van der Waals surface area contributed by atoms with Crippen LogP contribution in [-0.2, 0) is 44.5 Å². The predicted molar refractivity (Wildman–Crippen MR) is 195 cm³/mol. The number of hydrogen-bond acceptors (Lipinski definition) is 13. The molecule has 0 saturated heterocycles. The number of nitrogens with zero attached hydrogens (tertiary/aromatic N) is 2. The molecule has 4 aromatic rings. The van der Waals surface area contributed by atoms with Crippen LogP contribution in [0.25, 0.3) is 10.9 Å². The van der Waals surface area contributed by atoms with Crippen molar-refractivity contribution in [2.45, 2.75) is 34.1 Å². The van der Waals surface area contributed by atoms with Gasteiger partial charge in [0.25, 0.3) is 11.4 Å². The number of aromatic amines is 1. The maximum Gasteiger partial charge on any atom is 1.00 e. The smallest absolute Gasteiger partial charge is 1.00 e. The van der Waals surface area contributed by atoms with Gasteiger partial charge >= 0.3 is 75.3 Å². The molecule has 0 radical (unpaired) electrons. The van der Waals surface area contributed by atoms with E-state index in [1.165, 1.54) is 24.3 Å². The summed E-state index contributed by atoms with van der Waals surface area (Å²) in [5.41, 5.74) is 1.15. The molecule has 1 N–H and O–H groups in total. The van der Waals surface area contributed by atoms with Gasteiger partial charge in [0.15, 0.2) is 0 Å². The van der Waals surface area contributed by atoms with Gasteiger partial charge in [-0.3, -0.25) is 25.0 Å². The summed E-state index contributed by atoms with van der Waals surface area (Å²) in [5, 5.41) is 23.0. The number of aromatic nitrogens is 1. The zero-order valence-electron chi connectivity index (χ0n) is 30.7. The number of hydrogen-bond donors (Lipinski definition) is 1. The number of nitro groups is 2. The van der Waals surface area contributed by atoms with Gasteiger partial charge in [0, 0.05) is 56.2 Å². The van der Waals surface area contributed by atoms with Gasteiger partial charge in [0.1, 0.15) is 5.69 Å². The summed E-state index contributed by atoms with van der Waals surface area (Å²) in [6, 6.07) is 16.9. The van der Waals surface area contributed by atoms with Gasteiger partial charge < -0.3 is 25.4 Å². The first-order chi connectivity index (χ1) is 25.1. The number of ketones is 1. The van der Waals surface area contributed by atoms with Crippen LogP contribution in [0.15, 0.2) is 66.7 Å². The minimum absolute atomic E-state index is 0. The molecule has 0 saturated carbocycles. The normalized spacial score (nSPS) is 9.54. The van der Waals surface area contributed by atoms with Gasteiger partial charge in [-0.25, -0.2) is 19.2 Å². The van der Waals surface area contributed by atoms with Crippen molar-refractivity contribution in [3.05, 3.63) is 113 Å². The van der Waals surface area contributed by atoms with Crippen molar-refractivity contribution in [2.24, 2.45) is 0 Å². The number of nitro benzene ring substituents is 2. The molecule has 286 valence electrons. The first-order valence-corrected chi connectivity index (χ1v) is 16.5. The van der Waals surface area contributed by atoms with E-state index in [9.17, 15) is 44.2 Å². The van der Waals surface area contributed by atoms with Gasteiger partial charge in [0.05, 0.1) is 36.3 Å². The monoisotopic (exact) mass is 837 g/mol. The van der Waals surface area contributed by atoms with E-state index in [1.807, 2.05) is 6.07 Å². The Kier molecular flexibility index (Phi) is 24.8. The third-order valence-corrected chi connectivity index (χ3v) is 6.62. The Labute approximate surface area is 367 Å². The van der Waals surface area contributed by atoms with Crippen molar-refractivity contribution in [3.63, 3.8) is 0 Å². The average molecular weight is 839 g/mol. The molecule has 0 amide bonds. The Morgan fingerprint density at radius 3 is 1.69 bits per heavy atom. The second-order valence-corrected chi connectivity index (χ2v) is 11.0. The molecule has 0 unspecified atom stereocenters. The number of rotatable bonds is 10. The Bertz CT molecular complexity index is 1910. The Hall–Kier alpha value is -3.94. The number of ether oxygens (including phenoxy) is 4. The summed E-state index contributed by atoms with van der Waals surface area (Å²) in [6.07, 6.45) is -0.383. The minimum atomic E-state index is -0.998. The SMILES string of the molecule is CCOC(=O)C(=O)Cc1ccc(Cl)cc1[N+](=O)[O-].CCOC(=O)C(=O)OCC.CCOC(=O)c1cc2ccc(Cl)cc2[nH]1.O=[N+]([O-])c1cccc(Cl)c1.[H-].[K+]. The summed E-state index contributed by atoms with van der Waals surface area (Å²) >= 11 is 16.9. The second-order valence-electron chi connectivity index (χ2n) is 9.66. The molecule has 0 aliphatic rings. The molecule has 1 aromatic heterocycles. The summed E-state index contributed by atoms with van der Waals surface area (Å²) in [4.78, 5) is 77.5. The predicted octanol–water partition coefficient (Wildman–Crippen LogP) is 4.40. The molecule has 54 heavy (non-hydrogen) atoms. The third-order valence-electron chi connectivity index (χ3n) is 5.91. The summed E-state index contributed by atoms with van der Waals surface area (Å²) < 4.78 is 18.1. The maximum atomic E-state index is 11.4. The Balaban J connectivity index is 0. The molecule has 20 heteroatoms. The molecule has 0 fully saturated rings. The van der Waals surface area contributed by atoms with Crippen LogP contribution < -0.4 is 51.4 Å². The molecule has 4 rings (SSSR count). The van der Waals surface area contributed by atoms with Gasteiger partial charge in [-0.2, -0.15) is 0 Å². The number of carbonyl (C=O) groups excluding carboxylic acids is 5. The fourth-order valence-electron chi connectivity index (χ4n) is 3.70. The van der Waals surface area contributed by atoms with Crippen molar-refractivity contribution in [2.75, 3.05) is 26.4 Å². The molecule has 0 aliphatic heterocycles. The van der Waals surface area contributed by atoms with E-state index in [4.69, 9.17) is 39.5 Å². The van der Waals surface area contributed by atoms with Crippen molar-refractivity contribution in [1.29, 1.82) is 0 Å². The van der Waals surface area contributed by atoms with Crippen LogP contribution in [0.3, 0.4) is 0 Å². The van der Waals surface area contributed by atoms with Crippen LogP contribution in [0.5, 0.6) is 0 Å². The third kappa shape index (κ3) is 18.4. The number of nitrogens with one attached hydrogen (secondary N) is 1. The molecule has 0 spiro atoms. The van der Waals surface area contributed by atoms with Gasteiger partial charge in [-0.1, -0.05) is 53.0 Å². The molecule has 0 aliphatic carbocycles. The van der Waals surface area contributed by atoms with Crippen molar-refractivity contribution < 1.29 is 106 Å². The Morgan fingerprint density at radius 2 is 1.19 bits per heavy atom. The number of halogens is 3. The average Bonchev–Trinajstić information content (AvgIpc) is 3.54. The maximum absolute atomic E-state index is 11.4. The fraction of sp³-hybridized carbons (Fsp3) is 0.265. The minimum Gasteiger partial charge on any atom is -1.00 e. The number of benzene rings is 3. The number of fused-ring (bicyclic) bond motifs is 1. The second kappa shape index (κ2) is 26.8. The number of esters is 4. The van der Waals surface area contributed by atoms with Crippen LogP contribution in [0.4, 0.5) is 11.4 Å². The first kappa shape index (κ1) is 50.1. The van der Waals surface area contributed by atoms with Crippen molar-refractivity contribution in [3.8, 4) is 0 Å². The summed E-state index contributed by atoms with van der Waals surface area (Å²) in [5.74, 6) is -4.03. The quantitative estimate of drug-likeness (QED) is 0.0585. The van der Waals surface area contributed by atoms with Crippen molar-refractivity contribution in [1.82, 2.24) is 4.98 Å². The number of carbonyl (C=O) groups is 5. The van der Waals surface area contributed by atoms with E-state index >= 15 is 0 Å². The molecule has 0 bridgehead atoms. The zero-order chi connectivity index (χ0) is 40.1. The van der Waals surface area contributed by atoms with Crippen LogP contribution in [0.1, 0.15) is 45.2 Å². The number of non-ortho nitro benzene ring substituents is 1. The van der Waals surface area contributed by atoms with Crippen LogP contribution in [0, 0.1) is 20.2 Å². The molecular formula is C34H35Cl3KN3O13. The summed E-state index contributed by atoms with van der Waals surface area (Å²) in [7, 11) is 0. The molecule has 1 heterocycles. The standard InChI is InChI=1S/C11H10ClNO5.C11H10ClNO2.C6H4ClNO2.C6H10O4.K.H/c1-2-18-11(15)10(14)5-7-3-4-8(12)6-9(7)13(16)17;1-2-15-11(14)10-5-7-3-4-8(12)6-9(7)13-10;7-5-2-1-3-6(4-5)8(9)10;1-3-9-5(7)6(8)10-4-2;;/h3-4,6H,2,5H2,1H3;3-6,13H,2H2,1H3;1-4H;3-4H2,1-2H3;;/q;;;;+1;-1. The van der Waals surface area contributed by atoms with Gasteiger partial charge in [0.2, 0.25) is 5.78 Å². The van der Waals surface area contributed by atoms with Gasteiger partial charge in [-0.15, -0.1) is 0 Å². The van der Waals surface area contributed by atoms with Crippen LogP contribution in [-0.4, -0.2) is 70.9 Å². The number of H-pyrrole nitrogens is 1. The van der Waals surface area contributed by atoms with E-state index in [1.54, 1.807) is 58.0 Å². The summed E-state index contributed by atoms with van der Waals surface area (Å²) in [6.45, 7) is 7.42. The fourth-order valence-corrected chi connectivity index (χ4v) is 4.22.